The van der Waals surface area contributed by atoms with Crippen LogP contribution in [0.25, 0.3) is 10.9 Å². The lowest BCUT2D eigenvalue weighted by Gasteiger charge is -2.21. The number of fused-ring (bicyclic) bond motifs is 1. The van der Waals surface area contributed by atoms with E-state index in [1.807, 2.05) is 0 Å². The van der Waals surface area contributed by atoms with Crippen molar-refractivity contribution in [3.05, 3.63) is 60.0 Å². The first-order valence-corrected chi connectivity index (χ1v) is 7.72. The van der Waals surface area contributed by atoms with Gasteiger partial charge in [-0.15, -0.1) is 0 Å². The molecule has 1 N–H and O–H groups in total. The summed E-state index contributed by atoms with van der Waals surface area (Å²) >= 11 is 0. The van der Waals surface area contributed by atoms with Crippen LogP contribution in [0.1, 0.15) is 22.1 Å². The van der Waals surface area contributed by atoms with Crippen LogP contribution in [-0.2, 0) is 7.05 Å². The Hall–Kier alpha value is -3.03. The van der Waals surface area contributed by atoms with E-state index in [-0.39, 0.29) is 11.3 Å². The van der Waals surface area contributed by atoms with Gasteiger partial charge in [0.1, 0.15) is 11.4 Å². The summed E-state index contributed by atoms with van der Waals surface area (Å²) in [5.41, 5.74) is 0.695. The van der Waals surface area contributed by atoms with Gasteiger partial charge in [-0.2, -0.15) is 13.2 Å². The number of halogens is 3. The minimum Gasteiger partial charge on any atom is -0.497 e. The first kappa shape index (κ1) is 17.8. The number of pyridine rings is 1. The number of carbonyl (C=O) groups excluding carboxylic acids is 1. The number of nitrogens with zero attached hydrogens (tertiary/aromatic N) is 2. The Morgan fingerprint density at radius 3 is 2.65 bits per heavy atom. The number of alkyl halides is 3. The van der Waals surface area contributed by atoms with Gasteiger partial charge in [-0.1, -0.05) is 6.07 Å². The third-order valence-corrected chi connectivity index (χ3v) is 4.10. The molecular weight excluding hydrogens is 347 g/mol. The smallest absolute Gasteiger partial charge is 0.412 e. The summed E-state index contributed by atoms with van der Waals surface area (Å²) in [6.07, 6.45) is -2.19. The molecule has 0 saturated heterocycles. The second-order valence-corrected chi connectivity index (χ2v) is 5.75. The van der Waals surface area contributed by atoms with Gasteiger partial charge in [0, 0.05) is 35.9 Å². The lowest BCUT2D eigenvalue weighted by atomic mass is 10.1. The van der Waals surface area contributed by atoms with Crippen molar-refractivity contribution in [2.24, 2.45) is 7.05 Å². The summed E-state index contributed by atoms with van der Waals surface area (Å²) in [5.74, 6) is -0.229. The zero-order valence-corrected chi connectivity index (χ0v) is 14.0. The molecule has 8 heteroatoms. The molecular formula is C18H16F3N3O2. The molecule has 1 aromatic carbocycles. The number of rotatable bonds is 4. The van der Waals surface area contributed by atoms with Crippen LogP contribution in [0.5, 0.6) is 5.75 Å². The minimum atomic E-state index is -4.65. The van der Waals surface area contributed by atoms with Gasteiger partial charge in [0.25, 0.3) is 5.91 Å². The Balaban J connectivity index is 1.95. The topological polar surface area (TPSA) is 56.1 Å². The zero-order valence-electron chi connectivity index (χ0n) is 14.0. The normalized spacial score (nSPS) is 12.8. The van der Waals surface area contributed by atoms with Crippen LogP contribution in [0.4, 0.5) is 13.2 Å². The maximum absolute atomic E-state index is 13.4. The molecule has 0 saturated carbocycles. The lowest BCUT2D eigenvalue weighted by Crippen LogP contribution is -2.38. The van der Waals surface area contributed by atoms with E-state index < -0.39 is 18.1 Å². The second kappa shape index (κ2) is 6.70. The summed E-state index contributed by atoms with van der Waals surface area (Å²) in [5, 5.41) is 2.76. The highest BCUT2D eigenvalue weighted by Crippen LogP contribution is 2.33. The predicted molar refractivity (Wildman–Crippen MR) is 90.0 cm³/mol. The molecule has 26 heavy (non-hydrogen) atoms. The monoisotopic (exact) mass is 363 g/mol. The van der Waals surface area contributed by atoms with Crippen LogP contribution in [0.2, 0.25) is 0 Å². The van der Waals surface area contributed by atoms with E-state index in [2.05, 4.69) is 10.3 Å². The fourth-order valence-electron chi connectivity index (χ4n) is 2.78. The number of methoxy groups -OCH3 is 1. The number of nitrogens with one attached hydrogen (secondary N) is 1. The van der Waals surface area contributed by atoms with Gasteiger partial charge in [-0.05, 0) is 30.3 Å². The van der Waals surface area contributed by atoms with Crippen LogP contribution in [0.15, 0.2) is 48.8 Å². The number of ether oxygens (including phenoxy) is 1. The quantitative estimate of drug-likeness (QED) is 0.770. The molecule has 0 fully saturated rings. The summed E-state index contributed by atoms with van der Waals surface area (Å²) in [6, 6.07) is 7.24. The molecule has 0 unspecified atom stereocenters. The molecule has 3 aromatic rings. The van der Waals surface area contributed by atoms with Gasteiger partial charge >= 0.3 is 6.18 Å². The van der Waals surface area contributed by atoms with E-state index in [0.717, 1.165) is 6.20 Å². The van der Waals surface area contributed by atoms with Crippen LogP contribution in [0.3, 0.4) is 0 Å². The maximum Gasteiger partial charge on any atom is 0.412 e. The average molecular weight is 363 g/mol. The highest BCUT2D eigenvalue weighted by Gasteiger charge is 2.42. The molecule has 0 spiro atoms. The summed E-state index contributed by atoms with van der Waals surface area (Å²) < 4.78 is 46.9. The second-order valence-electron chi connectivity index (χ2n) is 5.75. The van der Waals surface area contributed by atoms with Crippen LogP contribution in [-0.4, -0.2) is 28.7 Å². The fourth-order valence-corrected chi connectivity index (χ4v) is 2.78. The van der Waals surface area contributed by atoms with Gasteiger partial charge in [0.2, 0.25) is 0 Å². The van der Waals surface area contributed by atoms with Gasteiger partial charge in [0.05, 0.1) is 7.11 Å². The number of amides is 1. The third kappa shape index (κ3) is 3.35. The molecule has 3 rings (SSSR count). The van der Waals surface area contributed by atoms with Gasteiger partial charge in [-0.3, -0.25) is 9.78 Å². The van der Waals surface area contributed by atoms with Crippen molar-refractivity contribution < 1.29 is 22.7 Å². The van der Waals surface area contributed by atoms with E-state index in [1.54, 1.807) is 29.8 Å². The fraction of sp³-hybridized carbons (Fsp3) is 0.222. The van der Waals surface area contributed by atoms with Crippen molar-refractivity contribution in [3.63, 3.8) is 0 Å². The number of carbonyl (C=O) groups is 1. The number of hydrogen-bond acceptors (Lipinski definition) is 3. The number of benzene rings is 1. The van der Waals surface area contributed by atoms with Crippen LogP contribution >= 0.6 is 0 Å². The summed E-state index contributed by atoms with van der Waals surface area (Å²) in [7, 11) is 3.13. The molecule has 0 bridgehead atoms. The average Bonchev–Trinajstić information content (AvgIpc) is 2.95. The van der Waals surface area contributed by atoms with Crippen molar-refractivity contribution in [1.82, 2.24) is 14.9 Å². The molecule has 0 radical (unpaired) electrons. The van der Waals surface area contributed by atoms with E-state index in [0.29, 0.717) is 16.7 Å². The number of aromatic nitrogens is 2. The van der Waals surface area contributed by atoms with E-state index in [1.165, 1.54) is 31.5 Å². The SMILES string of the molecule is COc1ccc2c(c1)cc(C(=O)N[C@H](c1cccnc1)C(F)(F)F)n2C. The predicted octanol–water partition coefficient (Wildman–Crippen LogP) is 3.62. The third-order valence-electron chi connectivity index (χ3n) is 4.10. The Kier molecular flexibility index (Phi) is 4.58. The Labute approximate surface area is 147 Å². The molecule has 0 aliphatic carbocycles. The van der Waals surface area contributed by atoms with Gasteiger partial charge in [0.15, 0.2) is 6.04 Å². The first-order valence-electron chi connectivity index (χ1n) is 7.72. The molecule has 1 atom stereocenters. The number of hydrogen-bond donors (Lipinski definition) is 1. The maximum atomic E-state index is 13.4. The van der Waals surface area contributed by atoms with Crippen molar-refractivity contribution in [1.29, 1.82) is 0 Å². The van der Waals surface area contributed by atoms with E-state index in [9.17, 15) is 18.0 Å². The zero-order chi connectivity index (χ0) is 18.9. The lowest BCUT2D eigenvalue weighted by molar-refractivity contribution is -0.155. The molecule has 136 valence electrons. The van der Waals surface area contributed by atoms with E-state index >= 15 is 0 Å². The van der Waals surface area contributed by atoms with Crippen molar-refractivity contribution >= 4 is 16.8 Å². The van der Waals surface area contributed by atoms with Crippen molar-refractivity contribution in [2.75, 3.05) is 7.11 Å². The molecule has 0 aliphatic heterocycles. The Morgan fingerprint density at radius 2 is 2.04 bits per heavy atom. The van der Waals surface area contributed by atoms with E-state index in [4.69, 9.17) is 4.74 Å². The summed E-state index contributed by atoms with van der Waals surface area (Å²) in [6.45, 7) is 0. The molecule has 2 aromatic heterocycles. The van der Waals surface area contributed by atoms with Gasteiger partial charge in [-0.25, -0.2) is 0 Å². The van der Waals surface area contributed by atoms with Crippen molar-refractivity contribution in [3.8, 4) is 5.75 Å². The van der Waals surface area contributed by atoms with Gasteiger partial charge < -0.3 is 14.6 Å². The number of aryl methyl sites for hydroxylation is 1. The highest BCUT2D eigenvalue weighted by atomic mass is 19.4. The minimum absolute atomic E-state index is 0.117. The molecule has 0 aliphatic rings. The van der Waals surface area contributed by atoms with Crippen LogP contribution < -0.4 is 10.1 Å². The Bertz CT molecular complexity index is 936. The van der Waals surface area contributed by atoms with Crippen LogP contribution in [0, 0.1) is 0 Å². The largest absolute Gasteiger partial charge is 0.497 e. The van der Waals surface area contributed by atoms with Crippen molar-refractivity contribution in [2.45, 2.75) is 12.2 Å². The standard InChI is InChI=1S/C18H16F3N3O2/c1-24-14-6-5-13(26-2)8-12(14)9-15(24)17(25)23-16(18(19,20)21)11-4-3-7-22-10-11/h3-10,16H,1-2H3,(H,23,25)/t16-/m1/s1. The highest BCUT2D eigenvalue weighted by molar-refractivity contribution is 5.99. The molecule has 1 amide bonds. The summed E-state index contributed by atoms with van der Waals surface area (Å²) in [4.78, 5) is 16.2. The molecule has 5 nitrogen and oxygen atoms in total. The Morgan fingerprint density at radius 1 is 1.27 bits per heavy atom. The molecule has 2 heterocycles. The first-order chi connectivity index (χ1) is 12.3.